The van der Waals surface area contributed by atoms with Crippen LogP contribution < -0.4 is 10.1 Å². The van der Waals surface area contributed by atoms with E-state index in [1.165, 1.54) is 0 Å². The smallest absolute Gasteiger partial charge is 0.253 e. The number of benzene rings is 3. The van der Waals surface area contributed by atoms with Gasteiger partial charge in [0.2, 0.25) is 5.89 Å². The lowest BCUT2D eigenvalue weighted by atomic mass is 10.0. The Morgan fingerprint density at radius 2 is 1.68 bits per heavy atom. The summed E-state index contributed by atoms with van der Waals surface area (Å²) in [5.74, 6) is 1.63. The van der Waals surface area contributed by atoms with Crippen LogP contribution in [0, 0.1) is 0 Å². The minimum atomic E-state index is -0.175. The average Bonchev–Trinajstić information content (AvgIpc) is 3.45. The SMILES string of the molecule is CCOc1ccc(C(=O)N2CCC(NC(=O)c3ccccc3-c3ncc(-c4ccccc4)o3)CC2)cc1. The fourth-order valence-electron chi connectivity index (χ4n) is 4.54. The molecule has 0 saturated carbocycles. The molecule has 3 aromatic carbocycles. The number of hydrogen-bond donors (Lipinski definition) is 1. The van der Waals surface area contributed by atoms with E-state index in [2.05, 4.69) is 10.3 Å². The van der Waals surface area contributed by atoms with Crippen molar-refractivity contribution in [1.82, 2.24) is 15.2 Å². The van der Waals surface area contributed by atoms with E-state index in [1.807, 2.05) is 72.5 Å². The van der Waals surface area contributed by atoms with E-state index in [-0.39, 0.29) is 17.9 Å². The second-order valence-electron chi connectivity index (χ2n) is 8.94. The highest BCUT2D eigenvalue weighted by Crippen LogP contribution is 2.28. The maximum absolute atomic E-state index is 13.2. The molecule has 0 radical (unpaired) electrons. The molecule has 1 aliphatic heterocycles. The summed E-state index contributed by atoms with van der Waals surface area (Å²) in [5.41, 5.74) is 2.72. The molecule has 0 spiro atoms. The van der Waals surface area contributed by atoms with Gasteiger partial charge in [0.1, 0.15) is 5.75 Å². The number of hydrogen-bond acceptors (Lipinski definition) is 5. The molecule has 4 aromatic rings. The highest BCUT2D eigenvalue weighted by Gasteiger charge is 2.26. The topological polar surface area (TPSA) is 84.7 Å². The molecule has 188 valence electrons. The van der Waals surface area contributed by atoms with Gasteiger partial charge < -0.3 is 19.4 Å². The monoisotopic (exact) mass is 495 g/mol. The summed E-state index contributed by atoms with van der Waals surface area (Å²) in [6.07, 6.45) is 3.05. The summed E-state index contributed by atoms with van der Waals surface area (Å²) >= 11 is 0. The van der Waals surface area contributed by atoms with Crippen LogP contribution in [0.2, 0.25) is 0 Å². The molecule has 37 heavy (non-hydrogen) atoms. The number of oxazole rings is 1. The van der Waals surface area contributed by atoms with Crippen LogP contribution in [0.15, 0.2) is 89.5 Å². The van der Waals surface area contributed by atoms with Gasteiger partial charge in [0.15, 0.2) is 5.76 Å². The molecule has 1 aromatic heterocycles. The van der Waals surface area contributed by atoms with E-state index in [4.69, 9.17) is 9.15 Å². The summed E-state index contributed by atoms with van der Waals surface area (Å²) in [5, 5.41) is 3.14. The van der Waals surface area contributed by atoms with Gasteiger partial charge in [-0.05, 0) is 56.2 Å². The number of carbonyl (C=O) groups is 2. The standard InChI is InChI=1S/C30H29N3O4/c1-2-36-24-14-12-22(13-15-24)30(35)33-18-16-23(17-19-33)32-28(34)25-10-6-7-11-26(25)29-31-20-27(37-29)21-8-4-3-5-9-21/h3-15,20,23H,2,16-19H2,1H3,(H,32,34). The predicted molar refractivity (Wildman–Crippen MR) is 141 cm³/mol. The molecular weight excluding hydrogens is 466 g/mol. The van der Waals surface area contributed by atoms with Crippen LogP contribution in [0.3, 0.4) is 0 Å². The Balaban J connectivity index is 1.21. The van der Waals surface area contributed by atoms with Gasteiger partial charge in [0.05, 0.1) is 18.4 Å². The maximum Gasteiger partial charge on any atom is 0.253 e. The number of nitrogens with zero attached hydrogens (tertiary/aromatic N) is 2. The Hall–Kier alpha value is -4.39. The van der Waals surface area contributed by atoms with Gasteiger partial charge in [-0.3, -0.25) is 9.59 Å². The quantitative estimate of drug-likeness (QED) is 0.369. The number of rotatable bonds is 7. The summed E-state index contributed by atoms with van der Waals surface area (Å²) in [7, 11) is 0. The van der Waals surface area contributed by atoms with Gasteiger partial charge >= 0.3 is 0 Å². The fraction of sp³-hybridized carbons (Fsp3) is 0.233. The lowest BCUT2D eigenvalue weighted by Crippen LogP contribution is -2.46. The zero-order valence-corrected chi connectivity index (χ0v) is 20.7. The molecule has 0 aliphatic carbocycles. The van der Waals surface area contributed by atoms with E-state index in [9.17, 15) is 9.59 Å². The van der Waals surface area contributed by atoms with Crippen molar-refractivity contribution in [3.63, 3.8) is 0 Å². The number of piperidine rings is 1. The highest BCUT2D eigenvalue weighted by atomic mass is 16.5. The summed E-state index contributed by atoms with van der Waals surface area (Å²) in [6.45, 7) is 3.68. The van der Waals surface area contributed by atoms with Gasteiger partial charge in [0.25, 0.3) is 11.8 Å². The predicted octanol–water partition coefficient (Wildman–Crippen LogP) is 5.44. The van der Waals surface area contributed by atoms with Crippen LogP contribution in [0.1, 0.15) is 40.5 Å². The average molecular weight is 496 g/mol. The van der Waals surface area contributed by atoms with Crippen molar-refractivity contribution in [2.75, 3.05) is 19.7 Å². The number of nitrogens with one attached hydrogen (secondary N) is 1. The van der Waals surface area contributed by atoms with Crippen molar-refractivity contribution in [2.45, 2.75) is 25.8 Å². The number of carbonyl (C=O) groups excluding carboxylic acids is 2. The van der Waals surface area contributed by atoms with E-state index < -0.39 is 0 Å². The fourth-order valence-corrected chi connectivity index (χ4v) is 4.54. The van der Waals surface area contributed by atoms with Crippen molar-refractivity contribution in [2.24, 2.45) is 0 Å². The molecule has 7 nitrogen and oxygen atoms in total. The first-order valence-electron chi connectivity index (χ1n) is 12.6. The molecule has 0 bridgehead atoms. The second kappa shape index (κ2) is 11.1. The van der Waals surface area contributed by atoms with Crippen molar-refractivity contribution in [3.8, 4) is 28.5 Å². The first kappa shape index (κ1) is 24.3. The minimum absolute atomic E-state index is 0.00344. The molecule has 1 fully saturated rings. The van der Waals surface area contributed by atoms with Gasteiger partial charge in [-0.25, -0.2) is 4.98 Å². The lowest BCUT2D eigenvalue weighted by Gasteiger charge is -2.32. The summed E-state index contributed by atoms with van der Waals surface area (Å²) < 4.78 is 11.5. The number of ether oxygens (including phenoxy) is 1. The Morgan fingerprint density at radius 3 is 2.41 bits per heavy atom. The van der Waals surface area contributed by atoms with Gasteiger partial charge in [-0.1, -0.05) is 42.5 Å². The maximum atomic E-state index is 13.2. The summed E-state index contributed by atoms with van der Waals surface area (Å²) in [4.78, 5) is 32.4. The third-order valence-electron chi connectivity index (χ3n) is 6.50. The third-order valence-corrected chi connectivity index (χ3v) is 6.50. The number of likely N-dealkylation sites (tertiary alicyclic amines) is 1. The number of amides is 2. The molecule has 5 rings (SSSR count). The van der Waals surface area contributed by atoms with E-state index >= 15 is 0 Å². The van der Waals surface area contributed by atoms with Crippen LogP contribution in [0.5, 0.6) is 5.75 Å². The molecular formula is C30H29N3O4. The van der Waals surface area contributed by atoms with Crippen molar-refractivity contribution in [3.05, 3.63) is 96.2 Å². The Labute approximate surface area is 216 Å². The minimum Gasteiger partial charge on any atom is -0.494 e. The first-order chi connectivity index (χ1) is 18.1. The van der Waals surface area contributed by atoms with Crippen LogP contribution >= 0.6 is 0 Å². The van der Waals surface area contributed by atoms with Crippen molar-refractivity contribution in [1.29, 1.82) is 0 Å². The van der Waals surface area contributed by atoms with E-state index in [1.54, 1.807) is 24.4 Å². The zero-order chi connectivity index (χ0) is 25.6. The van der Waals surface area contributed by atoms with E-state index in [0.717, 1.165) is 11.3 Å². The molecule has 2 heterocycles. The Morgan fingerprint density at radius 1 is 0.973 bits per heavy atom. The molecule has 0 unspecified atom stereocenters. The summed E-state index contributed by atoms with van der Waals surface area (Å²) in [6, 6.07) is 24.3. The first-order valence-corrected chi connectivity index (χ1v) is 12.6. The van der Waals surface area contributed by atoms with Crippen LogP contribution in [0.4, 0.5) is 0 Å². The van der Waals surface area contributed by atoms with Gasteiger partial charge in [-0.2, -0.15) is 0 Å². The van der Waals surface area contributed by atoms with Crippen molar-refractivity contribution < 1.29 is 18.7 Å². The number of aromatic nitrogens is 1. The molecule has 2 amide bonds. The molecule has 1 aliphatic rings. The molecule has 7 heteroatoms. The zero-order valence-electron chi connectivity index (χ0n) is 20.7. The second-order valence-corrected chi connectivity index (χ2v) is 8.94. The van der Waals surface area contributed by atoms with E-state index in [0.29, 0.717) is 60.9 Å². The van der Waals surface area contributed by atoms with Crippen LogP contribution in [0.25, 0.3) is 22.8 Å². The largest absolute Gasteiger partial charge is 0.494 e. The Kier molecular flexibility index (Phi) is 7.31. The highest BCUT2D eigenvalue weighted by molar-refractivity contribution is 6.00. The normalized spacial score (nSPS) is 13.8. The molecule has 1 saturated heterocycles. The Bertz CT molecular complexity index is 1360. The lowest BCUT2D eigenvalue weighted by molar-refractivity contribution is 0.0698. The van der Waals surface area contributed by atoms with Crippen LogP contribution in [-0.4, -0.2) is 47.4 Å². The molecule has 0 atom stereocenters. The van der Waals surface area contributed by atoms with Crippen molar-refractivity contribution >= 4 is 11.8 Å². The third kappa shape index (κ3) is 5.56. The van der Waals surface area contributed by atoms with Gasteiger partial charge in [0, 0.05) is 35.8 Å². The van der Waals surface area contributed by atoms with Gasteiger partial charge in [-0.15, -0.1) is 0 Å². The molecule has 1 N–H and O–H groups in total. The van der Waals surface area contributed by atoms with Crippen LogP contribution in [-0.2, 0) is 0 Å².